The summed E-state index contributed by atoms with van der Waals surface area (Å²) in [4.78, 5) is 26.1. The fourth-order valence-electron chi connectivity index (χ4n) is 4.96. The van der Waals surface area contributed by atoms with Gasteiger partial charge in [0.05, 0.1) is 12.1 Å². The van der Waals surface area contributed by atoms with E-state index in [9.17, 15) is 14.9 Å². The molecule has 0 spiro atoms. The monoisotopic (exact) mass is 399 g/mol. The Balaban J connectivity index is 1.68. The predicted octanol–water partition coefficient (Wildman–Crippen LogP) is 3.01. The molecule has 29 heavy (non-hydrogen) atoms. The zero-order chi connectivity index (χ0) is 21.0. The van der Waals surface area contributed by atoms with Crippen LogP contribution >= 0.6 is 0 Å². The number of aromatic nitrogens is 1. The van der Waals surface area contributed by atoms with Gasteiger partial charge in [-0.25, -0.2) is 0 Å². The van der Waals surface area contributed by atoms with Crippen LogP contribution in [-0.2, 0) is 9.59 Å². The number of likely N-dealkylation sites (tertiary alicyclic amines) is 1. The van der Waals surface area contributed by atoms with Crippen molar-refractivity contribution in [2.45, 2.75) is 71.3 Å². The molecule has 1 unspecified atom stereocenters. The summed E-state index contributed by atoms with van der Waals surface area (Å²) in [7, 11) is 0. The van der Waals surface area contributed by atoms with E-state index in [2.05, 4.69) is 20.9 Å². The van der Waals surface area contributed by atoms with Crippen LogP contribution in [0.5, 0.6) is 0 Å². The van der Waals surface area contributed by atoms with Crippen LogP contribution in [0.2, 0.25) is 0 Å². The Hall–Kier alpha value is -2.33. The fourth-order valence-corrected chi connectivity index (χ4v) is 4.96. The molecule has 1 saturated carbocycles. The number of carbonyl (C=O) groups is 2. The van der Waals surface area contributed by atoms with E-state index in [4.69, 9.17) is 5.73 Å². The molecule has 0 aromatic carbocycles. The van der Waals surface area contributed by atoms with E-state index in [0.29, 0.717) is 36.3 Å². The summed E-state index contributed by atoms with van der Waals surface area (Å²) in [6.07, 6.45) is 7.86. The van der Waals surface area contributed by atoms with Crippen molar-refractivity contribution >= 4 is 17.6 Å². The summed E-state index contributed by atoms with van der Waals surface area (Å²) in [5.74, 6) is 0.739. The van der Waals surface area contributed by atoms with E-state index in [1.807, 2.05) is 13.8 Å². The molecule has 2 fully saturated rings. The first-order valence-corrected chi connectivity index (χ1v) is 10.8. The highest BCUT2D eigenvalue weighted by Gasteiger charge is 2.28. The van der Waals surface area contributed by atoms with Crippen LogP contribution in [0, 0.1) is 31.1 Å². The van der Waals surface area contributed by atoms with Crippen molar-refractivity contribution in [3.63, 3.8) is 0 Å². The van der Waals surface area contributed by atoms with Crippen molar-refractivity contribution in [3.05, 3.63) is 16.8 Å². The van der Waals surface area contributed by atoms with Gasteiger partial charge in [0.1, 0.15) is 11.9 Å². The molecule has 3 rings (SSSR count). The number of nitrogens with one attached hydrogen (secondary N) is 1. The molecular weight excluding hydrogens is 366 g/mol. The van der Waals surface area contributed by atoms with Gasteiger partial charge >= 0.3 is 0 Å². The lowest BCUT2D eigenvalue weighted by molar-refractivity contribution is -0.119. The van der Waals surface area contributed by atoms with Crippen LogP contribution in [0.15, 0.2) is 0 Å². The van der Waals surface area contributed by atoms with Crippen molar-refractivity contribution in [3.8, 4) is 6.07 Å². The molecule has 1 aliphatic carbocycles. The summed E-state index contributed by atoms with van der Waals surface area (Å²) in [5, 5.41) is 12.8. The van der Waals surface area contributed by atoms with E-state index in [0.717, 1.165) is 56.5 Å². The van der Waals surface area contributed by atoms with E-state index in [-0.39, 0.29) is 11.8 Å². The molecular formula is C22H33N5O2. The second-order valence-corrected chi connectivity index (χ2v) is 8.65. The lowest BCUT2D eigenvalue weighted by atomic mass is 9.93. The summed E-state index contributed by atoms with van der Waals surface area (Å²) in [6, 6.07) is 2.66. The normalized spacial score (nSPS) is 20.5. The number of nitrogens with two attached hydrogens (primary N) is 1. The van der Waals surface area contributed by atoms with Gasteiger partial charge in [-0.15, -0.1) is 0 Å². The van der Waals surface area contributed by atoms with E-state index < -0.39 is 0 Å². The minimum atomic E-state index is -0.262. The predicted molar refractivity (Wildman–Crippen MR) is 112 cm³/mol. The number of nitrogens with zero attached hydrogens (tertiary/aromatic N) is 3. The highest BCUT2D eigenvalue weighted by Crippen LogP contribution is 2.37. The van der Waals surface area contributed by atoms with Crippen LogP contribution in [0.3, 0.4) is 0 Å². The zero-order valence-electron chi connectivity index (χ0n) is 17.7. The number of piperidine rings is 1. The molecule has 0 bridgehead atoms. The van der Waals surface area contributed by atoms with Gasteiger partial charge in [0.2, 0.25) is 11.8 Å². The fraction of sp³-hybridized carbons (Fsp3) is 0.682. The lowest BCUT2D eigenvalue weighted by Crippen LogP contribution is -2.41. The second-order valence-electron chi connectivity index (χ2n) is 8.65. The summed E-state index contributed by atoms with van der Waals surface area (Å²) < 4.78 is 2.19. The smallest absolute Gasteiger partial charge is 0.239 e. The van der Waals surface area contributed by atoms with Crippen molar-refractivity contribution in [1.29, 1.82) is 5.26 Å². The van der Waals surface area contributed by atoms with E-state index in [1.165, 1.54) is 12.8 Å². The highest BCUT2D eigenvalue weighted by atomic mass is 16.2. The zero-order valence-corrected chi connectivity index (χ0v) is 17.7. The van der Waals surface area contributed by atoms with Crippen LogP contribution in [0.1, 0.15) is 74.2 Å². The molecule has 1 atom stereocenters. The maximum atomic E-state index is 12.9. The van der Waals surface area contributed by atoms with Crippen LogP contribution in [0.4, 0.5) is 5.82 Å². The first kappa shape index (κ1) is 21.4. The van der Waals surface area contributed by atoms with E-state index >= 15 is 0 Å². The second kappa shape index (κ2) is 9.45. The van der Waals surface area contributed by atoms with Gasteiger partial charge in [-0.2, -0.15) is 5.26 Å². The van der Waals surface area contributed by atoms with Gasteiger partial charge < -0.3 is 15.6 Å². The number of hydrogen-bond donors (Lipinski definition) is 2. The summed E-state index contributed by atoms with van der Waals surface area (Å²) >= 11 is 0. The summed E-state index contributed by atoms with van der Waals surface area (Å²) in [6.45, 7) is 6.01. The Bertz CT molecular complexity index is 801. The van der Waals surface area contributed by atoms with Gasteiger partial charge in [-0.05, 0) is 64.0 Å². The molecule has 3 N–H and O–H groups in total. The first-order chi connectivity index (χ1) is 13.9. The SMILES string of the molecule is Cc1c(C#N)c(NC(=O)CN2CCCC(CCC(N)=O)C2)n(C2CCCC2)c1C. The van der Waals surface area contributed by atoms with Crippen molar-refractivity contribution in [1.82, 2.24) is 9.47 Å². The minimum absolute atomic E-state index is 0.0752. The maximum absolute atomic E-state index is 12.9. The average molecular weight is 400 g/mol. The quantitative estimate of drug-likeness (QED) is 0.735. The molecule has 1 aliphatic heterocycles. The van der Waals surface area contributed by atoms with Crippen molar-refractivity contribution < 1.29 is 9.59 Å². The third-order valence-electron chi connectivity index (χ3n) is 6.59. The average Bonchev–Trinajstić information content (AvgIpc) is 3.28. The van der Waals surface area contributed by atoms with Gasteiger partial charge in [-0.1, -0.05) is 12.8 Å². The molecule has 7 nitrogen and oxygen atoms in total. The van der Waals surface area contributed by atoms with Gasteiger partial charge in [0.25, 0.3) is 0 Å². The van der Waals surface area contributed by atoms with E-state index in [1.54, 1.807) is 0 Å². The van der Waals surface area contributed by atoms with Crippen molar-refractivity contribution in [2.24, 2.45) is 11.7 Å². The number of hydrogen-bond acceptors (Lipinski definition) is 4. The largest absolute Gasteiger partial charge is 0.370 e. The molecule has 0 radical (unpaired) electrons. The molecule has 158 valence electrons. The third-order valence-corrected chi connectivity index (χ3v) is 6.59. The van der Waals surface area contributed by atoms with Crippen molar-refractivity contribution in [2.75, 3.05) is 25.0 Å². The summed E-state index contributed by atoms with van der Waals surface area (Å²) in [5.41, 5.74) is 7.89. The molecule has 1 saturated heterocycles. The minimum Gasteiger partial charge on any atom is -0.370 e. The van der Waals surface area contributed by atoms with Gasteiger partial charge in [-0.3, -0.25) is 14.5 Å². The molecule has 1 aromatic rings. The Morgan fingerprint density at radius 1 is 1.21 bits per heavy atom. The Morgan fingerprint density at radius 3 is 2.59 bits per heavy atom. The number of primary amides is 1. The third kappa shape index (κ3) is 4.99. The van der Waals surface area contributed by atoms with Crippen LogP contribution in [-0.4, -0.2) is 40.9 Å². The standard InChI is InChI=1S/C22H33N5O2/c1-15-16(2)27(18-7-3-4-8-18)22(19(15)12-23)25-21(29)14-26-11-5-6-17(13-26)9-10-20(24)28/h17-18H,3-11,13-14H2,1-2H3,(H2,24,28)(H,25,29). The first-order valence-electron chi connectivity index (χ1n) is 10.8. The number of amides is 2. The van der Waals surface area contributed by atoms with Gasteiger partial charge in [0, 0.05) is 24.7 Å². The number of anilines is 1. The molecule has 2 aliphatic rings. The number of nitriles is 1. The molecule has 7 heteroatoms. The van der Waals surface area contributed by atoms with Crippen LogP contribution < -0.4 is 11.1 Å². The van der Waals surface area contributed by atoms with Gasteiger partial charge in [0.15, 0.2) is 0 Å². The topological polar surface area (TPSA) is 104 Å². The Morgan fingerprint density at radius 2 is 1.93 bits per heavy atom. The highest BCUT2D eigenvalue weighted by molar-refractivity contribution is 5.93. The molecule has 2 amide bonds. The van der Waals surface area contributed by atoms with Crippen LogP contribution in [0.25, 0.3) is 0 Å². The Labute approximate surface area is 173 Å². The number of rotatable bonds is 7. The maximum Gasteiger partial charge on any atom is 0.239 e. The lowest BCUT2D eigenvalue weighted by Gasteiger charge is -2.32. The molecule has 2 heterocycles. The molecule has 1 aromatic heterocycles. The Kier molecular flexibility index (Phi) is 6.96. The number of carbonyl (C=O) groups excluding carboxylic acids is 2.